The van der Waals surface area contributed by atoms with Gasteiger partial charge in [0.15, 0.2) is 0 Å². The fourth-order valence-electron chi connectivity index (χ4n) is 6.03. The fourth-order valence-corrected chi connectivity index (χ4v) is 7.01. The highest BCUT2D eigenvalue weighted by atomic mass is 35.5. The maximum atomic E-state index is 13.6. The summed E-state index contributed by atoms with van der Waals surface area (Å²) in [6.07, 6.45) is 5.71. The van der Waals surface area contributed by atoms with Crippen LogP contribution >= 0.6 is 23.4 Å². The topological polar surface area (TPSA) is 42.4 Å². The summed E-state index contributed by atoms with van der Waals surface area (Å²) < 4.78 is 6.42. The van der Waals surface area contributed by atoms with Crippen LogP contribution in [-0.4, -0.2) is 35.0 Å². The average molecular weight is 555 g/mol. The van der Waals surface area contributed by atoms with Crippen molar-refractivity contribution in [3.8, 4) is 0 Å². The first-order chi connectivity index (χ1) is 19.1. The molecule has 3 aliphatic heterocycles. The van der Waals surface area contributed by atoms with Gasteiger partial charge in [0.25, 0.3) is 0 Å². The number of thioether (sulfide) groups is 1. The second kappa shape index (κ2) is 11.5. The third-order valence-electron chi connectivity index (χ3n) is 8.14. The van der Waals surface area contributed by atoms with Crippen LogP contribution in [0.25, 0.3) is 10.9 Å². The Labute approximate surface area is 239 Å². The van der Waals surface area contributed by atoms with E-state index < -0.39 is 0 Å². The number of esters is 1. The third kappa shape index (κ3) is 5.62. The van der Waals surface area contributed by atoms with E-state index in [2.05, 4.69) is 28.6 Å². The molecule has 4 nitrogen and oxygen atoms in total. The number of aromatic nitrogens is 1. The van der Waals surface area contributed by atoms with Crippen molar-refractivity contribution in [1.82, 2.24) is 9.88 Å². The van der Waals surface area contributed by atoms with Crippen molar-refractivity contribution < 1.29 is 9.53 Å². The standard InChI is InChI=1S/C33H31ClN2O2S/c1-2-23-20-36-18-16-25(23)19-31(36)32(29-15-17-35-30-6-4-3-5-28(29)30)38-33(37)24-9-7-22(8-10-24)21-39-27-13-11-26(34)12-14-27/h2-15,17,23,25,31-32H,1,16,18-21H2/t23-,25+,31-,32-/m1/s1. The summed E-state index contributed by atoms with van der Waals surface area (Å²) in [6, 6.07) is 25.9. The van der Waals surface area contributed by atoms with Gasteiger partial charge in [-0.25, -0.2) is 4.79 Å². The average Bonchev–Trinajstić information content (AvgIpc) is 2.99. The van der Waals surface area contributed by atoms with E-state index in [0.717, 1.165) is 57.2 Å². The maximum Gasteiger partial charge on any atom is 0.338 e. The van der Waals surface area contributed by atoms with Gasteiger partial charge in [0.05, 0.1) is 17.1 Å². The lowest BCUT2D eigenvalue weighted by Crippen LogP contribution is -2.55. The number of piperidine rings is 3. The van der Waals surface area contributed by atoms with Crippen molar-refractivity contribution >= 4 is 40.2 Å². The molecule has 4 heterocycles. The predicted molar refractivity (Wildman–Crippen MR) is 159 cm³/mol. The van der Waals surface area contributed by atoms with E-state index in [1.807, 2.05) is 79.0 Å². The van der Waals surface area contributed by atoms with Crippen molar-refractivity contribution in [2.45, 2.75) is 35.6 Å². The number of pyridine rings is 1. The summed E-state index contributed by atoms with van der Waals surface area (Å²) in [5, 5.41) is 1.77. The van der Waals surface area contributed by atoms with Gasteiger partial charge in [-0.15, -0.1) is 18.3 Å². The van der Waals surface area contributed by atoms with E-state index in [-0.39, 0.29) is 18.1 Å². The molecule has 3 aromatic carbocycles. The zero-order chi connectivity index (χ0) is 26.8. The van der Waals surface area contributed by atoms with Crippen LogP contribution in [0.3, 0.4) is 0 Å². The number of halogens is 1. The normalized spacial score (nSPS) is 22.9. The molecular formula is C33H31ClN2O2S. The molecular weight excluding hydrogens is 524 g/mol. The molecule has 198 valence electrons. The fraction of sp³-hybridized carbons (Fsp3) is 0.273. The number of para-hydroxylation sites is 1. The summed E-state index contributed by atoms with van der Waals surface area (Å²) in [6.45, 7) is 6.07. The minimum atomic E-state index is -0.376. The van der Waals surface area contributed by atoms with Crippen LogP contribution in [0, 0.1) is 11.8 Å². The quantitative estimate of drug-likeness (QED) is 0.125. The molecule has 0 aliphatic carbocycles. The third-order valence-corrected chi connectivity index (χ3v) is 9.47. The summed E-state index contributed by atoms with van der Waals surface area (Å²) >= 11 is 7.74. The zero-order valence-corrected chi connectivity index (χ0v) is 23.3. The Morgan fingerprint density at radius 2 is 1.90 bits per heavy atom. The van der Waals surface area contributed by atoms with E-state index in [9.17, 15) is 4.79 Å². The number of fused-ring (bicyclic) bond motifs is 4. The molecule has 6 heteroatoms. The Bertz CT molecular complexity index is 1470. The van der Waals surface area contributed by atoms with Gasteiger partial charge >= 0.3 is 5.97 Å². The first kappa shape index (κ1) is 26.1. The molecule has 7 rings (SSSR count). The highest BCUT2D eigenvalue weighted by Gasteiger charge is 2.44. The minimum Gasteiger partial charge on any atom is -0.452 e. The molecule has 1 unspecified atom stereocenters. The van der Waals surface area contributed by atoms with Crippen molar-refractivity contribution in [3.63, 3.8) is 0 Å². The summed E-state index contributed by atoms with van der Waals surface area (Å²) in [5.41, 5.74) is 3.66. The van der Waals surface area contributed by atoms with Crippen molar-refractivity contribution in [2.75, 3.05) is 13.1 Å². The number of carbonyl (C=O) groups is 1. The molecule has 0 N–H and O–H groups in total. The highest BCUT2D eigenvalue weighted by molar-refractivity contribution is 7.98. The number of carbonyl (C=O) groups excluding carboxylic acids is 1. The molecule has 39 heavy (non-hydrogen) atoms. The van der Waals surface area contributed by atoms with Gasteiger partial charge in [0.1, 0.15) is 6.10 Å². The zero-order valence-electron chi connectivity index (χ0n) is 21.7. The van der Waals surface area contributed by atoms with Crippen LogP contribution in [0.5, 0.6) is 0 Å². The second-order valence-electron chi connectivity index (χ2n) is 10.4. The number of ether oxygens (including phenoxy) is 1. The van der Waals surface area contributed by atoms with Gasteiger partial charge in [-0.05, 0) is 85.3 Å². The molecule has 2 bridgehead atoms. The van der Waals surface area contributed by atoms with Crippen LogP contribution < -0.4 is 0 Å². The largest absolute Gasteiger partial charge is 0.452 e. The Hall–Kier alpha value is -3.12. The maximum absolute atomic E-state index is 13.6. The highest BCUT2D eigenvalue weighted by Crippen LogP contribution is 2.43. The Kier molecular flexibility index (Phi) is 7.73. The van der Waals surface area contributed by atoms with Crippen LogP contribution in [0.15, 0.2) is 103 Å². The predicted octanol–water partition coefficient (Wildman–Crippen LogP) is 7.98. The SMILES string of the molecule is C=C[C@@H]1CN2CC[C@H]1C[C@@H]2[C@H](OC(=O)c1ccc(CSc2ccc(Cl)cc2)cc1)c1ccnc2ccccc12. The molecule has 5 atom stereocenters. The molecule has 3 fully saturated rings. The van der Waals surface area contributed by atoms with E-state index in [1.54, 1.807) is 11.8 Å². The van der Waals surface area contributed by atoms with Crippen molar-refractivity contribution in [2.24, 2.45) is 11.8 Å². The number of hydrogen-bond donors (Lipinski definition) is 0. The van der Waals surface area contributed by atoms with E-state index >= 15 is 0 Å². The molecule has 0 saturated carbocycles. The molecule has 0 radical (unpaired) electrons. The lowest BCUT2D eigenvalue weighted by molar-refractivity contribution is -0.0568. The second-order valence-corrected chi connectivity index (χ2v) is 11.9. The van der Waals surface area contributed by atoms with Gasteiger partial charge in [0, 0.05) is 39.4 Å². The number of benzene rings is 3. The number of rotatable bonds is 8. The molecule has 3 saturated heterocycles. The van der Waals surface area contributed by atoms with E-state index in [1.165, 1.54) is 6.42 Å². The molecule has 0 amide bonds. The smallest absolute Gasteiger partial charge is 0.338 e. The summed E-state index contributed by atoms with van der Waals surface area (Å²) in [7, 11) is 0. The summed E-state index contributed by atoms with van der Waals surface area (Å²) in [5.74, 6) is 1.59. The van der Waals surface area contributed by atoms with Gasteiger partial charge in [-0.1, -0.05) is 48.0 Å². The van der Waals surface area contributed by atoms with Gasteiger partial charge in [-0.3, -0.25) is 9.88 Å². The molecule has 4 aromatic rings. The Balaban J connectivity index is 1.23. The number of nitrogens with zero attached hydrogens (tertiary/aromatic N) is 2. The lowest BCUT2D eigenvalue weighted by atomic mass is 9.73. The van der Waals surface area contributed by atoms with Gasteiger partial charge in [0.2, 0.25) is 0 Å². The Morgan fingerprint density at radius 1 is 1.10 bits per heavy atom. The van der Waals surface area contributed by atoms with Gasteiger partial charge < -0.3 is 4.74 Å². The van der Waals surface area contributed by atoms with Crippen LogP contribution in [0.2, 0.25) is 5.02 Å². The monoisotopic (exact) mass is 554 g/mol. The Morgan fingerprint density at radius 3 is 2.64 bits per heavy atom. The first-order valence-corrected chi connectivity index (χ1v) is 14.8. The minimum absolute atomic E-state index is 0.129. The van der Waals surface area contributed by atoms with Crippen LogP contribution in [-0.2, 0) is 10.5 Å². The van der Waals surface area contributed by atoms with E-state index in [4.69, 9.17) is 16.3 Å². The first-order valence-electron chi connectivity index (χ1n) is 13.5. The van der Waals surface area contributed by atoms with Crippen LogP contribution in [0.1, 0.15) is 40.4 Å². The molecule has 3 aliphatic rings. The lowest BCUT2D eigenvalue weighted by Gasteiger charge is -2.51. The van der Waals surface area contributed by atoms with E-state index in [0.29, 0.717) is 17.4 Å². The number of hydrogen-bond acceptors (Lipinski definition) is 5. The summed E-state index contributed by atoms with van der Waals surface area (Å²) in [4.78, 5) is 21.8. The van der Waals surface area contributed by atoms with Crippen LogP contribution in [0.4, 0.5) is 0 Å². The molecule has 0 spiro atoms. The van der Waals surface area contributed by atoms with Crippen molar-refractivity contribution in [3.05, 3.63) is 119 Å². The van der Waals surface area contributed by atoms with Crippen molar-refractivity contribution in [1.29, 1.82) is 0 Å². The van der Waals surface area contributed by atoms with Gasteiger partial charge in [-0.2, -0.15) is 0 Å². The molecule has 1 aromatic heterocycles.